The Morgan fingerprint density at radius 3 is 2.52 bits per heavy atom. The van der Waals surface area contributed by atoms with Gasteiger partial charge in [0.1, 0.15) is 6.61 Å². The molecule has 0 aliphatic carbocycles. The van der Waals surface area contributed by atoms with Crippen molar-refractivity contribution in [3.8, 4) is 11.5 Å². The van der Waals surface area contributed by atoms with Gasteiger partial charge in [-0.2, -0.15) is 0 Å². The highest BCUT2D eigenvalue weighted by Crippen LogP contribution is 2.38. The van der Waals surface area contributed by atoms with Crippen molar-refractivity contribution in [3.63, 3.8) is 0 Å². The largest absolute Gasteiger partial charge is 0.490 e. The summed E-state index contributed by atoms with van der Waals surface area (Å²) in [5.41, 5.74) is 5.65. The average Bonchev–Trinajstić information content (AvgIpc) is 2.68. The van der Waals surface area contributed by atoms with Crippen molar-refractivity contribution in [1.82, 2.24) is 0 Å². The van der Waals surface area contributed by atoms with Gasteiger partial charge in [0.2, 0.25) is 0 Å². The number of aryl methyl sites for hydroxylation is 2. The van der Waals surface area contributed by atoms with Gasteiger partial charge in [-0.15, -0.1) is 0 Å². The van der Waals surface area contributed by atoms with Crippen molar-refractivity contribution in [2.45, 2.75) is 33.9 Å². The molecule has 0 saturated heterocycles. The Bertz CT molecular complexity index is 991. The molecule has 0 bridgehead atoms. The zero-order valence-electron chi connectivity index (χ0n) is 16.9. The molecule has 0 fully saturated rings. The van der Waals surface area contributed by atoms with E-state index in [1.54, 1.807) is 0 Å². The number of hydrogen-bond acceptors (Lipinski definition) is 3. The van der Waals surface area contributed by atoms with Crippen LogP contribution in [0.5, 0.6) is 11.5 Å². The van der Waals surface area contributed by atoms with E-state index >= 15 is 0 Å². The molecule has 152 valence electrons. The molecule has 3 nitrogen and oxygen atoms in total. The van der Waals surface area contributed by atoms with Gasteiger partial charge in [0.25, 0.3) is 0 Å². The van der Waals surface area contributed by atoms with E-state index in [2.05, 4.69) is 59.4 Å². The number of ether oxygens (including phenoxy) is 2. The third kappa shape index (κ3) is 5.68. The number of anilines is 1. The molecule has 3 rings (SSSR count). The molecule has 0 saturated carbocycles. The van der Waals surface area contributed by atoms with E-state index < -0.39 is 0 Å². The highest BCUT2D eigenvalue weighted by molar-refractivity contribution is 9.10. The molecule has 0 aromatic heterocycles. The standard InChI is InChI=1S/C24H25BrClNO2/c1-4-28-23-13-18(14-27-22-10-9-16(2)11-17(22)3)12-20(25)24(23)29-15-19-7-5-6-8-21(19)26/h5-13,27H,4,14-15H2,1-3H3. The predicted molar refractivity (Wildman–Crippen MR) is 124 cm³/mol. The maximum Gasteiger partial charge on any atom is 0.175 e. The third-order valence-electron chi connectivity index (χ3n) is 4.56. The molecule has 1 N–H and O–H groups in total. The summed E-state index contributed by atoms with van der Waals surface area (Å²) in [7, 11) is 0. The fraction of sp³-hybridized carbons (Fsp3) is 0.250. The van der Waals surface area contributed by atoms with Gasteiger partial charge in [0.15, 0.2) is 11.5 Å². The van der Waals surface area contributed by atoms with Crippen LogP contribution in [0.3, 0.4) is 0 Å². The lowest BCUT2D eigenvalue weighted by molar-refractivity contribution is 0.267. The van der Waals surface area contributed by atoms with Gasteiger partial charge in [-0.25, -0.2) is 0 Å². The van der Waals surface area contributed by atoms with Gasteiger partial charge in [-0.05, 0) is 72.1 Å². The summed E-state index contributed by atoms with van der Waals surface area (Å²) in [5.74, 6) is 1.40. The minimum atomic E-state index is 0.374. The van der Waals surface area contributed by atoms with Crippen LogP contribution in [0.1, 0.15) is 29.2 Å². The Balaban J connectivity index is 1.77. The maximum atomic E-state index is 6.25. The summed E-state index contributed by atoms with van der Waals surface area (Å²) in [5, 5.41) is 4.19. The average molecular weight is 475 g/mol. The molecule has 0 atom stereocenters. The summed E-state index contributed by atoms with van der Waals surface area (Å²) in [6.45, 7) is 7.80. The topological polar surface area (TPSA) is 30.5 Å². The lowest BCUT2D eigenvalue weighted by atomic mass is 10.1. The van der Waals surface area contributed by atoms with Gasteiger partial charge < -0.3 is 14.8 Å². The molecule has 0 amide bonds. The Kier molecular flexibility index (Phi) is 7.45. The molecule has 0 aliphatic heterocycles. The van der Waals surface area contributed by atoms with E-state index in [-0.39, 0.29) is 0 Å². The van der Waals surface area contributed by atoms with E-state index in [0.717, 1.165) is 21.3 Å². The minimum Gasteiger partial charge on any atom is -0.490 e. The number of nitrogens with one attached hydrogen (secondary N) is 1. The molecule has 0 unspecified atom stereocenters. The Morgan fingerprint density at radius 1 is 1.00 bits per heavy atom. The van der Waals surface area contributed by atoms with E-state index in [4.69, 9.17) is 21.1 Å². The number of benzene rings is 3. The lowest BCUT2D eigenvalue weighted by Gasteiger charge is -2.17. The fourth-order valence-corrected chi connectivity index (χ4v) is 3.90. The second-order valence-corrected chi connectivity index (χ2v) is 8.15. The summed E-state index contributed by atoms with van der Waals surface area (Å²) < 4.78 is 12.8. The predicted octanol–water partition coefficient (Wildman–Crippen LogP) is 7.31. The molecule has 0 aliphatic rings. The van der Waals surface area contributed by atoms with Crippen LogP contribution in [0.2, 0.25) is 5.02 Å². The van der Waals surface area contributed by atoms with Crippen LogP contribution in [-0.2, 0) is 13.2 Å². The maximum absolute atomic E-state index is 6.25. The van der Waals surface area contributed by atoms with E-state index in [9.17, 15) is 0 Å². The molecule has 0 heterocycles. The smallest absolute Gasteiger partial charge is 0.175 e. The van der Waals surface area contributed by atoms with Gasteiger partial charge in [-0.1, -0.05) is 47.5 Å². The van der Waals surface area contributed by atoms with E-state index in [1.807, 2.05) is 37.3 Å². The summed E-state index contributed by atoms with van der Waals surface area (Å²) in [4.78, 5) is 0. The summed E-state index contributed by atoms with van der Waals surface area (Å²) in [6.07, 6.45) is 0. The van der Waals surface area contributed by atoms with Crippen molar-refractivity contribution in [1.29, 1.82) is 0 Å². The molecule has 0 spiro atoms. The van der Waals surface area contributed by atoms with Crippen LogP contribution in [0.15, 0.2) is 59.1 Å². The summed E-state index contributed by atoms with van der Waals surface area (Å²) in [6, 6.07) is 18.2. The van der Waals surface area contributed by atoms with Crippen LogP contribution < -0.4 is 14.8 Å². The zero-order valence-corrected chi connectivity index (χ0v) is 19.2. The molecular formula is C24H25BrClNO2. The first-order valence-corrected chi connectivity index (χ1v) is 10.8. The van der Waals surface area contributed by atoms with Crippen molar-refractivity contribution < 1.29 is 9.47 Å². The van der Waals surface area contributed by atoms with Crippen LogP contribution in [0, 0.1) is 13.8 Å². The van der Waals surface area contributed by atoms with Crippen molar-refractivity contribution >= 4 is 33.2 Å². The molecule has 29 heavy (non-hydrogen) atoms. The Morgan fingerprint density at radius 2 is 1.79 bits per heavy atom. The molecule has 3 aromatic rings. The van der Waals surface area contributed by atoms with Crippen LogP contribution >= 0.6 is 27.5 Å². The van der Waals surface area contributed by atoms with Gasteiger partial charge in [-0.3, -0.25) is 0 Å². The highest BCUT2D eigenvalue weighted by atomic mass is 79.9. The number of rotatable bonds is 8. The first-order chi connectivity index (χ1) is 14.0. The lowest BCUT2D eigenvalue weighted by Crippen LogP contribution is -2.05. The summed E-state index contributed by atoms with van der Waals surface area (Å²) >= 11 is 9.89. The van der Waals surface area contributed by atoms with Crippen molar-refractivity contribution in [2.24, 2.45) is 0 Å². The Labute approximate surface area is 186 Å². The SMILES string of the molecule is CCOc1cc(CNc2ccc(C)cc2C)cc(Br)c1OCc1ccccc1Cl. The van der Waals surface area contributed by atoms with Crippen LogP contribution in [-0.4, -0.2) is 6.61 Å². The first-order valence-electron chi connectivity index (χ1n) is 9.60. The Hall–Kier alpha value is -2.17. The zero-order chi connectivity index (χ0) is 20.8. The van der Waals surface area contributed by atoms with Crippen LogP contribution in [0.4, 0.5) is 5.69 Å². The monoisotopic (exact) mass is 473 g/mol. The second kappa shape index (κ2) is 10.0. The number of halogens is 2. The normalized spacial score (nSPS) is 10.7. The first kappa shape index (κ1) is 21.5. The van der Waals surface area contributed by atoms with E-state index in [1.165, 1.54) is 11.1 Å². The second-order valence-electron chi connectivity index (χ2n) is 6.89. The molecular weight excluding hydrogens is 450 g/mol. The minimum absolute atomic E-state index is 0.374. The fourth-order valence-electron chi connectivity index (χ4n) is 3.10. The molecule has 5 heteroatoms. The van der Waals surface area contributed by atoms with Crippen molar-refractivity contribution in [3.05, 3.63) is 86.3 Å². The van der Waals surface area contributed by atoms with Crippen LogP contribution in [0.25, 0.3) is 0 Å². The third-order valence-corrected chi connectivity index (χ3v) is 5.52. The van der Waals surface area contributed by atoms with Crippen molar-refractivity contribution in [2.75, 3.05) is 11.9 Å². The quantitative estimate of drug-likeness (QED) is 0.371. The number of hydrogen-bond donors (Lipinski definition) is 1. The van der Waals surface area contributed by atoms with E-state index in [0.29, 0.717) is 36.3 Å². The molecule has 0 radical (unpaired) electrons. The van der Waals surface area contributed by atoms with Gasteiger partial charge in [0.05, 0.1) is 11.1 Å². The molecule has 3 aromatic carbocycles. The van der Waals surface area contributed by atoms with Gasteiger partial charge >= 0.3 is 0 Å². The van der Waals surface area contributed by atoms with Gasteiger partial charge in [0, 0.05) is 22.8 Å². The highest BCUT2D eigenvalue weighted by Gasteiger charge is 2.13.